The predicted octanol–water partition coefficient (Wildman–Crippen LogP) is 16.3. The summed E-state index contributed by atoms with van der Waals surface area (Å²) in [6, 6.07) is 71.4. The van der Waals surface area contributed by atoms with Crippen molar-refractivity contribution in [3.63, 3.8) is 0 Å². The molecule has 12 rings (SSSR count). The van der Waals surface area contributed by atoms with E-state index in [0.29, 0.717) is 0 Å². The van der Waals surface area contributed by atoms with Gasteiger partial charge >= 0.3 is 0 Å². The van der Waals surface area contributed by atoms with Gasteiger partial charge < -0.3 is 13.7 Å². The normalized spacial score (nSPS) is 11.8. The van der Waals surface area contributed by atoms with Gasteiger partial charge in [-0.3, -0.25) is 0 Å². The van der Waals surface area contributed by atoms with Gasteiger partial charge in [0.1, 0.15) is 22.3 Å². The summed E-state index contributed by atoms with van der Waals surface area (Å²) in [6.07, 6.45) is 0. The summed E-state index contributed by atoms with van der Waals surface area (Å²) in [7, 11) is 0. The number of anilines is 3. The molecule has 0 amide bonds. The number of rotatable bonds is 6. The van der Waals surface area contributed by atoms with Crippen molar-refractivity contribution in [3.05, 3.63) is 200 Å². The Balaban J connectivity index is 1.01. The van der Waals surface area contributed by atoms with E-state index in [2.05, 4.69) is 193 Å². The molecule has 0 saturated carbocycles. The molecule has 0 aliphatic heterocycles. The summed E-state index contributed by atoms with van der Waals surface area (Å²) in [5.41, 5.74) is 13.8. The number of hydrogen-bond donors (Lipinski definition) is 0. The van der Waals surface area contributed by atoms with Crippen LogP contribution in [0.25, 0.3) is 97.4 Å². The van der Waals surface area contributed by atoms with Crippen LogP contribution >= 0.6 is 11.3 Å². The first-order valence-electron chi connectivity index (χ1n) is 19.6. The average molecular weight is 760 g/mol. The van der Waals surface area contributed by atoms with E-state index in [0.717, 1.165) is 83.2 Å². The number of fused-ring (bicyclic) bond motifs is 9. The van der Waals surface area contributed by atoms with Crippen molar-refractivity contribution < 1.29 is 8.83 Å². The average Bonchev–Trinajstić information content (AvgIpc) is 3.99. The number of nitrogens with zero attached hydrogens (tertiary/aromatic N) is 1. The molecule has 3 aromatic heterocycles. The van der Waals surface area contributed by atoms with Crippen molar-refractivity contribution in [1.29, 1.82) is 0 Å². The SMILES string of the molecule is c1ccc(-c2cccc3c2oc2ccc(-c4ccc(N(c5ccc6sc7c(-c8ccccc8)cccc7c6c5)c5cccc6oc7ccccc7c56)cc4)cc23)cc1. The van der Waals surface area contributed by atoms with Crippen molar-refractivity contribution in [2.75, 3.05) is 4.90 Å². The summed E-state index contributed by atoms with van der Waals surface area (Å²) in [5.74, 6) is 0. The van der Waals surface area contributed by atoms with Crippen LogP contribution in [-0.4, -0.2) is 0 Å². The lowest BCUT2D eigenvalue weighted by Crippen LogP contribution is -2.10. The third-order valence-electron chi connectivity index (χ3n) is 11.5. The first kappa shape index (κ1) is 32.8. The van der Waals surface area contributed by atoms with E-state index in [1.807, 2.05) is 23.5 Å². The Morgan fingerprint density at radius 1 is 0.362 bits per heavy atom. The summed E-state index contributed by atoms with van der Waals surface area (Å²) in [6.45, 7) is 0. The standard InChI is InChI=1S/C54H33NO2S/c1-3-12-35(13-4-1)40-17-9-19-42-45-32-37(26-30-49(45)57-53(40)42)34-24-27-38(28-25-34)55(47-21-11-23-50-52(47)44-16-7-8-22-48(44)56-50)39-29-31-51-46(33-39)43-20-10-18-41(54(43)58-51)36-14-5-2-6-15-36/h1-33H. The number of furan rings is 2. The van der Waals surface area contributed by atoms with Gasteiger partial charge in [0.25, 0.3) is 0 Å². The highest BCUT2D eigenvalue weighted by Crippen LogP contribution is 2.47. The summed E-state index contributed by atoms with van der Waals surface area (Å²) < 4.78 is 15.5. The van der Waals surface area contributed by atoms with Gasteiger partial charge in [-0.05, 0) is 88.5 Å². The summed E-state index contributed by atoms with van der Waals surface area (Å²) in [4.78, 5) is 2.38. The van der Waals surface area contributed by atoms with Gasteiger partial charge in [-0.2, -0.15) is 0 Å². The molecule has 9 aromatic carbocycles. The number of thiophene rings is 1. The Morgan fingerprint density at radius 3 is 1.83 bits per heavy atom. The molecule has 0 bridgehead atoms. The zero-order valence-electron chi connectivity index (χ0n) is 31.2. The van der Waals surface area contributed by atoms with Crippen LogP contribution in [0.15, 0.2) is 209 Å². The van der Waals surface area contributed by atoms with Gasteiger partial charge in [-0.15, -0.1) is 11.3 Å². The molecule has 0 aliphatic rings. The van der Waals surface area contributed by atoms with Crippen LogP contribution in [0.2, 0.25) is 0 Å². The second-order valence-corrected chi connectivity index (χ2v) is 15.9. The van der Waals surface area contributed by atoms with Gasteiger partial charge in [0.05, 0.1) is 11.1 Å². The molecule has 0 fully saturated rings. The first-order chi connectivity index (χ1) is 28.7. The van der Waals surface area contributed by atoms with Crippen LogP contribution < -0.4 is 4.90 Å². The van der Waals surface area contributed by atoms with E-state index >= 15 is 0 Å². The summed E-state index contributed by atoms with van der Waals surface area (Å²) in [5, 5.41) is 6.94. The molecule has 58 heavy (non-hydrogen) atoms. The van der Waals surface area contributed by atoms with Gasteiger partial charge in [-0.25, -0.2) is 0 Å². The lowest BCUT2D eigenvalue weighted by atomic mass is 10.00. The fourth-order valence-corrected chi connectivity index (χ4v) is 9.98. The first-order valence-corrected chi connectivity index (χ1v) is 20.4. The maximum atomic E-state index is 6.50. The highest BCUT2D eigenvalue weighted by molar-refractivity contribution is 7.26. The van der Waals surface area contributed by atoms with Gasteiger partial charge in [0.2, 0.25) is 0 Å². The molecule has 12 aromatic rings. The third kappa shape index (κ3) is 5.19. The minimum Gasteiger partial charge on any atom is -0.456 e. The number of benzene rings is 9. The Kier molecular flexibility index (Phi) is 7.40. The maximum Gasteiger partial charge on any atom is 0.143 e. The van der Waals surface area contributed by atoms with Gasteiger partial charge in [0.15, 0.2) is 0 Å². The highest BCUT2D eigenvalue weighted by atomic mass is 32.1. The molecule has 4 heteroatoms. The van der Waals surface area contributed by atoms with Crippen molar-refractivity contribution >= 4 is 92.4 Å². The molecule has 0 saturated heterocycles. The van der Waals surface area contributed by atoms with E-state index < -0.39 is 0 Å². The monoisotopic (exact) mass is 759 g/mol. The van der Waals surface area contributed by atoms with Gasteiger partial charge in [0, 0.05) is 53.3 Å². The topological polar surface area (TPSA) is 29.5 Å². The van der Waals surface area contributed by atoms with E-state index in [9.17, 15) is 0 Å². The number of para-hydroxylation sites is 2. The Bertz CT molecular complexity index is 3500. The molecule has 3 nitrogen and oxygen atoms in total. The second-order valence-electron chi connectivity index (χ2n) is 14.8. The zero-order valence-corrected chi connectivity index (χ0v) is 32.0. The van der Waals surface area contributed by atoms with Crippen LogP contribution in [0.3, 0.4) is 0 Å². The molecule has 0 atom stereocenters. The maximum absolute atomic E-state index is 6.50. The highest BCUT2D eigenvalue weighted by Gasteiger charge is 2.21. The molecular weight excluding hydrogens is 727 g/mol. The van der Waals surface area contributed by atoms with Crippen molar-refractivity contribution in [2.24, 2.45) is 0 Å². The quantitative estimate of drug-likeness (QED) is 0.169. The second kappa shape index (κ2) is 13.1. The van der Waals surface area contributed by atoms with Crippen LogP contribution in [0.1, 0.15) is 0 Å². The predicted molar refractivity (Wildman–Crippen MR) is 245 cm³/mol. The Hall–Kier alpha value is -7.40. The Morgan fingerprint density at radius 2 is 1.00 bits per heavy atom. The molecule has 0 unspecified atom stereocenters. The van der Waals surface area contributed by atoms with E-state index in [-0.39, 0.29) is 0 Å². The van der Waals surface area contributed by atoms with Crippen molar-refractivity contribution in [2.45, 2.75) is 0 Å². The van der Waals surface area contributed by atoms with Crippen LogP contribution in [-0.2, 0) is 0 Å². The fourth-order valence-electron chi connectivity index (χ4n) is 8.77. The molecule has 3 heterocycles. The minimum atomic E-state index is 0.867. The van der Waals surface area contributed by atoms with Crippen LogP contribution in [0, 0.1) is 0 Å². The Labute approximate surface area is 338 Å². The molecule has 0 radical (unpaired) electrons. The van der Waals surface area contributed by atoms with E-state index in [4.69, 9.17) is 8.83 Å². The lowest BCUT2D eigenvalue weighted by Gasteiger charge is -2.26. The van der Waals surface area contributed by atoms with Crippen LogP contribution in [0.5, 0.6) is 0 Å². The molecule has 0 spiro atoms. The molecule has 0 aliphatic carbocycles. The molecule has 272 valence electrons. The zero-order chi connectivity index (χ0) is 38.2. The minimum absolute atomic E-state index is 0.867. The largest absolute Gasteiger partial charge is 0.456 e. The molecular formula is C54H33NO2S. The number of hydrogen-bond acceptors (Lipinski definition) is 4. The fraction of sp³-hybridized carbons (Fsp3) is 0. The lowest BCUT2D eigenvalue weighted by molar-refractivity contribution is 0.669. The smallest absolute Gasteiger partial charge is 0.143 e. The molecule has 0 N–H and O–H groups in total. The van der Waals surface area contributed by atoms with E-state index in [1.165, 1.54) is 31.3 Å². The van der Waals surface area contributed by atoms with Crippen molar-refractivity contribution in [3.8, 4) is 33.4 Å². The van der Waals surface area contributed by atoms with Gasteiger partial charge in [-0.1, -0.05) is 140 Å². The van der Waals surface area contributed by atoms with E-state index in [1.54, 1.807) is 0 Å². The summed E-state index contributed by atoms with van der Waals surface area (Å²) >= 11 is 1.86. The van der Waals surface area contributed by atoms with Crippen LogP contribution in [0.4, 0.5) is 17.1 Å². The third-order valence-corrected chi connectivity index (χ3v) is 12.7. The van der Waals surface area contributed by atoms with Crippen molar-refractivity contribution in [1.82, 2.24) is 0 Å².